The van der Waals surface area contributed by atoms with Crippen LogP contribution in [0.1, 0.15) is 34.8 Å². The summed E-state index contributed by atoms with van der Waals surface area (Å²) in [5, 5.41) is 10.3. The van der Waals surface area contributed by atoms with Crippen LogP contribution in [0.25, 0.3) is 0 Å². The molecule has 1 unspecified atom stereocenters. The maximum Gasteiger partial charge on any atom is 0.0947 e. The lowest BCUT2D eigenvalue weighted by Crippen LogP contribution is -2.20. The van der Waals surface area contributed by atoms with Gasteiger partial charge in [0.2, 0.25) is 0 Å². The molecule has 0 bridgehead atoms. The Bertz CT molecular complexity index is 514. The highest BCUT2D eigenvalue weighted by atomic mass is 16.3. The molecule has 1 aromatic carbocycles. The summed E-state index contributed by atoms with van der Waals surface area (Å²) in [6.07, 6.45) is 3.78. The molecule has 1 heterocycles. The molecular formula is C17H23NO2. The third-order valence-corrected chi connectivity index (χ3v) is 3.45. The maximum absolute atomic E-state index is 10.3. The summed E-state index contributed by atoms with van der Waals surface area (Å²) in [6, 6.07) is 8.22. The lowest BCUT2D eigenvalue weighted by molar-refractivity contribution is 0.147. The van der Waals surface area contributed by atoms with Gasteiger partial charge < -0.3 is 14.4 Å². The Morgan fingerprint density at radius 1 is 1.20 bits per heavy atom. The van der Waals surface area contributed by atoms with Crippen LogP contribution in [0.4, 0.5) is 0 Å². The quantitative estimate of drug-likeness (QED) is 0.875. The molecule has 1 N–H and O–H groups in total. The maximum atomic E-state index is 10.3. The predicted molar refractivity (Wildman–Crippen MR) is 80.5 cm³/mol. The standard InChI is InChI=1S/C17H23NO2/c1-13-8-14(2)10-16(9-13)17(19)4-6-18(3)11-15-5-7-20-12-15/h5,7-10,12,17,19H,4,6,11H2,1-3H3. The van der Waals surface area contributed by atoms with E-state index in [0.29, 0.717) is 0 Å². The zero-order valence-corrected chi connectivity index (χ0v) is 12.5. The van der Waals surface area contributed by atoms with Crippen LogP contribution in [0.5, 0.6) is 0 Å². The van der Waals surface area contributed by atoms with Crippen LogP contribution in [0.2, 0.25) is 0 Å². The number of aliphatic hydroxyl groups is 1. The van der Waals surface area contributed by atoms with Crippen LogP contribution in [-0.2, 0) is 6.54 Å². The molecule has 20 heavy (non-hydrogen) atoms. The van der Waals surface area contributed by atoms with E-state index in [4.69, 9.17) is 4.42 Å². The van der Waals surface area contributed by atoms with Gasteiger partial charge in [0.1, 0.15) is 0 Å². The molecule has 0 amide bonds. The van der Waals surface area contributed by atoms with Gasteiger partial charge in [-0.05, 0) is 38.9 Å². The van der Waals surface area contributed by atoms with Crippen molar-refractivity contribution >= 4 is 0 Å². The van der Waals surface area contributed by atoms with Gasteiger partial charge in [-0.25, -0.2) is 0 Å². The Kier molecular flexibility index (Phi) is 4.99. The van der Waals surface area contributed by atoms with Crippen molar-refractivity contribution in [1.29, 1.82) is 0 Å². The molecule has 0 spiro atoms. The van der Waals surface area contributed by atoms with Gasteiger partial charge in [0.05, 0.1) is 18.6 Å². The van der Waals surface area contributed by atoms with E-state index < -0.39 is 6.10 Å². The van der Waals surface area contributed by atoms with E-state index in [1.54, 1.807) is 12.5 Å². The minimum Gasteiger partial charge on any atom is -0.472 e. The van der Waals surface area contributed by atoms with Gasteiger partial charge in [-0.2, -0.15) is 0 Å². The van der Waals surface area contributed by atoms with Crippen molar-refractivity contribution in [2.75, 3.05) is 13.6 Å². The predicted octanol–water partition coefficient (Wildman–Crippen LogP) is 3.45. The molecule has 3 heteroatoms. The highest BCUT2D eigenvalue weighted by molar-refractivity contribution is 5.29. The van der Waals surface area contributed by atoms with Crippen molar-refractivity contribution < 1.29 is 9.52 Å². The minimum atomic E-state index is -0.402. The van der Waals surface area contributed by atoms with Gasteiger partial charge in [0, 0.05) is 18.7 Å². The Morgan fingerprint density at radius 2 is 1.90 bits per heavy atom. The highest BCUT2D eigenvalue weighted by Crippen LogP contribution is 2.20. The van der Waals surface area contributed by atoms with Crippen molar-refractivity contribution in [1.82, 2.24) is 4.90 Å². The van der Waals surface area contributed by atoms with Crippen molar-refractivity contribution in [2.24, 2.45) is 0 Å². The topological polar surface area (TPSA) is 36.6 Å². The fourth-order valence-electron chi connectivity index (χ4n) is 2.48. The van der Waals surface area contributed by atoms with Crippen LogP contribution in [0, 0.1) is 13.8 Å². The van der Waals surface area contributed by atoms with Gasteiger partial charge in [0.15, 0.2) is 0 Å². The largest absolute Gasteiger partial charge is 0.472 e. The normalized spacial score (nSPS) is 12.8. The Hall–Kier alpha value is -1.58. The fourth-order valence-corrected chi connectivity index (χ4v) is 2.48. The summed E-state index contributed by atoms with van der Waals surface area (Å²) in [5.41, 5.74) is 4.57. The van der Waals surface area contributed by atoms with Crippen molar-refractivity contribution in [3.63, 3.8) is 0 Å². The molecule has 108 valence electrons. The van der Waals surface area contributed by atoms with Gasteiger partial charge in [0.25, 0.3) is 0 Å². The average molecular weight is 273 g/mol. The molecule has 0 aliphatic heterocycles. The first-order chi connectivity index (χ1) is 9.54. The molecule has 0 fully saturated rings. The summed E-state index contributed by atoms with van der Waals surface area (Å²) in [6.45, 7) is 5.82. The van der Waals surface area contributed by atoms with Gasteiger partial charge in [-0.15, -0.1) is 0 Å². The smallest absolute Gasteiger partial charge is 0.0947 e. The second-order valence-electron chi connectivity index (χ2n) is 5.59. The van der Waals surface area contributed by atoms with Crippen LogP contribution >= 0.6 is 0 Å². The highest BCUT2D eigenvalue weighted by Gasteiger charge is 2.10. The summed E-state index contributed by atoms with van der Waals surface area (Å²) in [7, 11) is 2.06. The Morgan fingerprint density at radius 3 is 2.50 bits per heavy atom. The van der Waals surface area contributed by atoms with E-state index in [2.05, 4.69) is 44.0 Å². The number of rotatable bonds is 6. The van der Waals surface area contributed by atoms with Crippen molar-refractivity contribution in [3.8, 4) is 0 Å². The zero-order chi connectivity index (χ0) is 14.5. The molecule has 2 rings (SSSR count). The SMILES string of the molecule is Cc1cc(C)cc(C(O)CCN(C)Cc2ccoc2)c1. The van der Waals surface area contributed by atoms with Crippen molar-refractivity contribution in [2.45, 2.75) is 32.9 Å². The van der Waals surface area contributed by atoms with E-state index in [9.17, 15) is 5.11 Å². The Balaban J connectivity index is 1.86. The molecule has 0 aliphatic carbocycles. The van der Waals surface area contributed by atoms with Gasteiger partial charge in [-0.1, -0.05) is 29.3 Å². The van der Waals surface area contributed by atoms with Crippen LogP contribution in [0.3, 0.4) is 0 Å². The molecule has 0 saturated heterocycles. The zero-order valence-electron chi connectivity index (χ0n) is 12.5. The second kappa shape index (κ2) is 6.73. The van der Waals surface area contributed by atoms with Crippen LogP contribution in [-0.4, -0.2) is 23.6 Å². The lowest BCUT2D eigenvalue weighted by atomic mass is 10.0. The monoisotopic (exact) mass is 273 g/mol. The molecule has 1 aromatic heterocycles. The van der Waals surface area contributed by atoms with Crippen LogP contribution in [0.15, 0.2) is 41.2 Å². The van der Waals surface area contributed by atoms with Crippen molar-refractivity contribution in [3.05, 3.63) is 59.0 Å². The summed E-state index contributed by atoms with van der Waals surface area (Å²) >= 11 is 0. The molecule has 0 aliphatic rings. The third-order valence-electron chi connectivity index (χ3n) is 3.45. The molecule has 2 aromatic rings. The lowest BCUT2D eigenvalue weighted by Gasteiger charge is -2.19. The summed E-state index contributed by atoms with van der Waals surface area (Å²) in [4.78, 5) is 2.19. The fraction of sp³-hybridized carbons (Fsp3) is 0.412. The first kappa shape index (κ1) is 14.8. The second-order valence-corrected chi connectivity index (χ2v) is 5.59. The number of aryl methyl sites for hydroxylation is 2. The molecule has 3 nitrogen and oxygen atoms in total. The van der Waals surface area contributed by atoms with E-state index >= 15 is 0 Å². The Labute approximate surface area is 120 Å². The number of hydrogen-bond donors (Lipinski definition) is 1. The van der Waals surface area contributed by atoms with E-state index in [1.807, 2.05) is 6.07 Å². The molecule has 1 atom stereocenters. The van der Waals surface area contributed by atoms with E-state index in [0.717, 1.165) is 30.6 Å². The molecular weight excluding hydrogens is 250 g/mol. The van der Waals surface area contributed by atoms with Gasteiger partial charge in [-0.3, -0.25) is 0 Å². The number of aliphatic hydroxyl groups excluding tert-OH is 1. The summed E-state index contributed by atoms with van der Waals surface area (Å²) in [5.74, 6) is 0. The minimum absolute atomic E-state index is 0.402. The first-order valence-electron chi connectivity index (χ1n) is 7.00. The van der Waals surface area contributed by atoms with Gasteiger partial charge >= 0.3 is 0 Å². The third kappa shape index (κ3) is 4.22. The van der Waals surface area contributed by atoms with E-state index in [1.165, 1.54) is 11.1 Å². The number of hydrogen-bond acceptors (Lipinski definition) is 3. The number of benzene rings is 1. The average Bonchev–Trinajstić information content (AvgIpc) is 2.87. The van der Waals surface area contributed by atoms with E-state index in [-0.39, 0.29) is 0 Å². The summed E-state index contributed by atoms with van der Waals surface area (Å²) < 4.78 is 5.06. The van der Waals surface area contributed by atoms with Crippen LogP contribution < -0.4 is 0 Å². The number of nitrogens with zero attached hydrogens (tertiary/aromatic N) is 1. The molecule has 0 radical (unpaired) electrons. The number of furan rings is 1. The first-order valence-corrected chi connectivity index (χ1v) is 7.00. The molecule has 0 saturated carbocycles.